The molecule has 1 aromatic rings. The van der Waals surface area contributed by atoms with Crippen LogP contribution in [0.1, 0.15) is 38.8 Å². The number of hydrogen-bond donors (Lipinski definition) is 1. The molecule has 0 bridgehead atoms. The van der Waals surface area contributed by atoms with Crippen LogP contribution < -0.4 is 5.32 Å². The molecule has 0 radical (unpaired) electrons. The first-order chi connectivity index (χ1) is 11.4. The third-order valence-electron chi connectivity index (χ3n) is 4.25. The highest BCUT2D eigenvalue weighted by molar-refractivity contribution is 5.89. The van der Waals surface area contributed by atoms with Crippen molar-refractivity contribution < 1.29 is 19.1 Å². The maximum atomic E-state index is 12.3. The minimum atomic E-state index is -0.854. The van der Waals surface area contributed by atoms with Crippen molar-refractivity contribution in [2.45, 2.75) is 39.3 Å². The first-order valence-electron chi connectivity index (χ1n) is 8.26. The molecular formula is C18H24N2O4. The number of benzene rings is 1. The van der Waals surface area contributed by atoms with Crippen LogP contribution in [0.4, 0.5) is 0 Å². The molecule has 3 atom stereocenters. The summed E-state index contributed by atoms with van der Waals surface area (Å²) >= 11 is 0. The van der Waals surface area contributed by atoms with Crippen LogP contribution in [0.5, 0.6) is 0 Å². The predicted molar refractivity (Wildman–Crippen MR) is 88.9 cm³/mol. The lowest BCUT2D eigenvalue weighted by Gasteiger charge is -2.25. The lowest BCUT2D eigenvalue weighted by molar-refractivity contribution is -0.158. The fourth-order valence-electron chi connectivity index (χ4n) is 2.82. The summed E-state index contributed by atoms with van der Waals surface area (Å²) in [4.78, 5) is 37.8. The van der Waals surface area contributed by atoms with Crippen LogP contribution >= 0.6 is 0 Å². The van der Waals surface area contributed by atoms with Crippen molar-refractivity contribution in [1.82, 2.24) is 10.2 Å². The third kappa shape index (κ3) is 4.13. The summed E-state index contributed by atoms with van der Waals surface area (Å²) < 4.78 is 5.20. The monoisotopic (exact) mass is 332 g/mol. The first-order valence-corrected chi connectivity index (χ1v) is 8.26. The van der Waals surface area contributed by atoms with Gasteiger partial charge in [0, 0.05) is 19.5 Å². The van der Waals surface area contributed by atoms with Gasteiger partial charge in [-0.25, -0.2) is 0 Å². The number of esters is 1. The van der Waals surface area contributed by atoms with Gasteiger partial charge in [-0.3, -0.25) is 14.4 Å². The van der Waals surface area contributed by atoms with Gasteiger partial charge in [-0.1, -0.05) is 30.3 Å². The molecular weight excluding hydrogens is 308 g/mol. The predicted octanol–water partition coefficient (Wildman–Crippen LogP) is 1.66. The lowest BCUT2D eigenvalue weighted by atomic mass is 10.1. The summed E-state index contributed by atoms with van der Waals surface area (Å²) in [6.45, 7) is 6.06. The van der Waals surface area contributed by atoms with E-state index < -0.39 is 18.0 Å². The Morgan fingerprint density at radius 1 is 1.29 bits per heavy atom. The minimum absolute atomic E-state index is 0.0704. The van der Waals surface area contributed by atoms with Gasteiger partial charge < -0.3 is 15.0 Å². The number of nitrogens with zero attached hydrogens (tertiary/aromatic N) is 1. The van der Waals surface area contributed by atoms with E-state index in [0.717, 1.165) is 5.56 Å². The van der Waals surface area contributed by atoms with Crippen molar-refractivity contribution in [3.63, 3.8) is 0 Å². The molecule has 2 rings (SSSR count). The highest BCUT2D eigenvalue weighted by Gasteiger charge is 2.38. The number of ether oxygens (including phenoxy) is 1. The Morgan fingerprint density at radius 3 is 2.58 bits per heavy atom. The Kier molecular flexibility index (Phi) is 5.95. The fourth-order valence-corrected chi connectivity index (χ4v) is 2.82. The number of likely N-dealkylation sites (N-methyl/N-ethyl adjacent to an activating group) is 1. The van der Waals surface area contributed by atoms with E-state index in [9.17, 15) is 14.4 Å². The van der Waals surface area contributed by atoms with Crippen molar-refractivity contribution in [2.24, 2.45) is 5.92 Å². The van der Waals surface area contributed by atoms with Crippen LogP contribution in [0.25, 0.3) is 0 Å². The van der Waals surface area contributed by atoms with E-state index in [1.807, 2.05) is 37.3 Å². The second kappa shape index (κ2) is 7.95. The molecule has 1 saturated heterocycles. The fraction of sp³-hybridized carbons (Fsp3) is 0.500. The van der Waals surface area contributed by atoms with Gasteiger partial charge >= 0.3 is 5.97 Å². The summed E-state index contributed by atoms with van der Waals surface area (Å²) in [6.07, 6.45) is -0.730. The Labute approximate surface area is 142 Å². The van der Waals surface area contributed by atoms with Crippen LogP contribution in [-0.4, -0.2) is 41.9 Å². The van der Waals surface area contributed by atoms with Crippen molar-refractivity contribution in [3.8, 4) is 0 Å². The number of likely N-dealkylation sites (tertiary alicyclic amines) is 1. The molecule has 0 aromatic heterocycles. The van der Waals surface area contributed by atoms with Crippen LogP contribution in [-0.2, 0) is 19.1 Å². The smallest absolute Gasteiger partial charge is 0.312 e. The minimum Gasteiger partial charge on any atom is -0.452 e. The van der Waals surface area contributed by atoms with Gasteiger partial charge in [-0.2, -0.15) is 0 Å². The summed E-state index contributed by atoms with van der Waals surface area (Å²) in [7, 11) is 0. The quantitative estimate of drug-likeness (QED) is 0.804. The molecule has 6 nitrogen and oxygen atoms in total. The molecule has 2 amide bonds. The Morgan fingerprint density at radius 2 is 1.96 bits per heavy atom. The van der Waals surface area contributed by atoms with E-state index in [1.54, 1.807) is 11.8 Å². The van der Waals surface area contributed by atoms with Gasteiger partial charge in [0.15, 0.2) is 6.10 Å². The van der Waals surface area contributed by atoms with Gasteiger partial charge in [0.1, 0.15) is 0 Å². The van der Waals surface area contributed by atoms with E-state index in [1.165, 1.54) is 6.92 Å². The summed E-state index contributed by atoms with van der Waals surface area (Å²) in [5, 5.41) is 2.61. The average molecular weight is 332 g/mol. The molecule has 1 aliphatic rings. The van der Waals surface area contributed by atoms with E-state index >= 15 is 0 Å². The molecule has 24 heavy (non-hydrogen) atoms. The van der Waals surface area contributed by atoms with E-state index in [-0.39, 0.29) is 24.3 Å². The molecule has 1 aliphatic heterocycles. The number of carbonyl (C=O) groups is 3. The van der Waals surface area contributed by atoms with Gasteiger partial charge in [0.05, 0.1) is 12.0 Å². The van der Waals surface area contributed by atoms with Gasteiger partial charge in [0.25, 0.3) is 5.91 Å². The Bertz CT molecular complexity index is 602. The molecule has 1 fully saturated rings. The largest absolute Gasteiger partial charge is 0.452 e. The average Bonchev–Trinajstić information content (AvgIpc) is 2.97. The second-order valence-corrected chi connectivity index (χ2v) is 6.01. The Balaban J connectivity index is 1.96. The molecule has 6 heteroatoms. The second-order valence-electron chi connectivity index (χ2n) is 6.01. The number of carbonyl (C=O) groups excluding carboxylic acids is 3. The molecule has 0 unspecified atom stereocenters. The zero-order valence-corrected chi connectivity index (χ0v) is 14.3. The van der Waals surface area contributed by atoms with Gasteiger partial charge in [-0.05, 0) is 26.3 Å². The van der Waals surface area contributed by atoms with E-state index in [4.69, 9.17) is 4.74 Å². The third-order valence-corrected chi connectivity index (χ3v) is 4.25. The van der Waals surface area contributed by atoms with E-state index in [0.29, 0.717) is 13.1 Å². The first kappa shape index (κ1) is 18.0. The highest BCUT2D eigenvalue weighted by atomic mass is 16.5. The molecule has 1 aromatic carbocycles. The summed E-state index contributed by atoms with van der Waals surface area (Å²) in [6, 6.07) is 9.59. The topological polar surface area (TPSA) is 75.7 Å². The van der Waals surface area contributed by atoms with E-state index in [2.05, 4.69) is 5.32 Å². The molecule has 0 saturated carbocycles. The molecule has 0 aliphatic carbocycles. The standard InChI is InChI=1S/C18H24N2O4/c1-4-19-17(22)13(3)24-18(23)15-10-16(21)20(11-15)12(2)14-8-6-5-7-9-14/h5-9,12-13,15H,4,10-11H2,1-3H3,(H,19,22)/t12-,13+,15+/m0/s1. The van der Waals surface area contributed by atoms with Crippen LogP contribution in [0.2, 0.25) is 0 Å². The SMILES string of the molecule is CCNC(=O)[C@@H](C)OC(=O)[C@@H]1CC(=O)N([C@@H](C)c2ccccc2)C1. The number of nitrogens with one attached hydrogen (secondary N) is 1. The molecule has 1 N–H and O–H groups in total. The van der Waals surface area contributed by atoms with Crippen molar-refractivity contribution in [2.75, 3.05) is 13.1 Å². The highest BCUT2D eigenvalue weighted by Crippen LogP contribution is 2.29. The zero-order valence-electron chi connectivity index (χ0n) is 14.3. The maximum Gasteiger partial charge on any atom is 0.312 e. The lowest BCUT2D eigenvalue weighted by Crippen LogP contribution is -2.37. The molecule has 130 valence electrons. The zero-order chi connectivity index (χ0) is 17.7. The van der Waals surface area contributed by atoms with Crippen LogP contribution in [0.3, 0.4) is 0 Å². The van der Waals surface area contributed by atoms with Crippen molar-refractivity contribution >= 4 is 17.8 Å². The van der Waals surface area contributed by atoms with Gasteiger partial charge in [0.2, 0.25) is 5.91 Å². The maximum absolute atomic E-state index is 12.3. The van der Waals surface area contributed by atoms with Crippen molar-refractivity contribution in [1.29, 1.82) is 0 Å². The number of rotatable bonds is 6. The van der Waals surface area contributed by atoms with Crippen LogP contribution in [0, 0.1) is 5.92 Å². The molecule has 1 heterocycles. The van der Waals surface area contributed by atoms with Crippen molar-refractivity contribution in [3.05, 3.63) is 35.9 Å². The Hall–Kier alpha value is -2.37. The number of amides is 2. The number of hydrogen-bond acceptors (Lipinski definition) is 4. The molecule has 0 spiro atoms. The normalized spacial score (nSPS) is 19.7. The summed E-state index contributed by atoms with van der Waals surface area (Å²) in [5.41, 5.74) is 1.02. The van der Waals surface area contributed by atoms with Gasteiger partial charge in [-0.15, -0.1) is 0 Å². The summed E-state index contributed by atoms with van der Waals surface area (Å²) in [5.74, 6) is -1.42. The van der Waals surface area contributed by atoms with Crippen LogP contribution in [0.15, 0.2) is 30.3 Å².